The second kappa shape index (κ2) is 6.71. The fraction of sp³-hybridized carbons (Fsp3) is 0.455. The van der Waals surface area contributed by atoms with Crippen molar-refractivity contribution in [3.05, 3.63) is 22.8 Å². The topological polar surface area (TPSA) is 68.0 Å². The molecule has 0 bridgehead atoms. The zero-order chi connectivity index (χ0) is 12.8. The maximum atomic E-state index is 11.8. The molecule has 0 aliphatic carbocycles. The SMILES string of the molecule is CSC(C)CCNC(=O)c1nc(N)ccc1Cl. The number of nitrogens with one attached hydrogen (secondary N) is 1. The third kappa shape index (κ3) is 4.44. The van der Waals surface area contributed by atoms with Gasteiger partial charge < -0.3 is 11.1 Å². The van der Waals surface area contributed by atoms with Gasteiger partial charge in [0, 0.05) is 11.8 Å². The molecule has 1 heterocycles. The van der Waals surface area contributed by atoms with Crippen molar-refractivity contribution in [2.45, 2.75) is 18.6 Å². The van der Waals surface area contributed by atoms with Gasteiger partial charge >= 0.3 is 0 Å². The van der Waals surface area contributed by atoms with Gasteiger partial charge in [0.25, 0.3) is 5.91 Å². The van der Waals surface area contributed by atoms with Gasteiger partial charge in [-0.1, -0.05) is 18.5 Å². The summed E-state index contributed by atoms with van der Waals surface area (Å²) < 4.78 is 0. The first-order valence-corrected chi connectivity index (χ1v) is 6.94. The average Bonchev–Trinajstić information content (AvgIpc) is 2.31. The van der Waals surface area contributed by atoms with E-state index < -0.39 is 0 Å². The molecular formula is C11H16ClN3OS. The van der Waals surface area contributed by atoms with Crippen LogP contribution in [-0.2, 0) is 0 Å². The van der Waals surface area contributed by atoms with E-state index in [1.807, 2.05) is 6.26 Å². The summed E-state index contributed by atoms with van der Waals surface area (Å²) in [5.41, 5.74) is 5.69. The molecule has 1 amide bonds. The normalized spacial score (nSPS) is 12.2. The van der Waals surface area contributed by atoms with E-state index in [9.17, 15) is 4.79 Å². The quantitative estimate of drug-likeness (QED) is 0.863. The van der Waals surface area contributed by atoms with Gasteiger partial charge in [-0.15, -0.1) is 0 Å². The molecule has 6 heteroatoms. The number of nitrogens with zero attached hydrogens (tertiary/aromatic N) is 1. The highest BCUT2D eigenvalue weighted by Crippen LogP contribution is 2.15. The second-order valence-electron chi connectivity index (χ2n) is 3.66. The molecule has 0 aliphatic rings. The molecule has 0 aliphatic heterocycles. The summed E-state index contributed by atoms with van der Waals surface area (Å²) in [6.45, 7) is 2.72. The van der Waals surface area contributed by atoms with E-state index in [1.54, 1.807) is 23.9 Å². The number of pyridine rings is 1. The number of rotatable bonds is 5. The first-order chi connectivity index (χ1) is 8.04. The van der Waals surface area contributed by atoms with Gasteiger partial charge in [-0.25, -0.2) is 4.98 Å². The van der Waals surface area contributed by atoms with Gasteiger partial charge in [0.2, 0.25) is 0 Å². The minimum Gasteiger partial charge on any atom is -0.384 e. The van der Waals surface area contributed by atoms with Crippen LogP contribution in [0.25, 0.3) is 0 Å². The molecule has 1 unspecified atom stereocenters. The Morgan fingerprint density at radius 1 is 1.65 bits per heavy atom. The fourth-order valence-corrected chi connectivity index (χ4v) is 1.75. The largest absolute Gasteiger partial charge is 0.384 e. The predicted molar refractivity (Wildman–Crippen MR) is 73.6 cm³/mol. The molecule has 0 radical (unpaired) electrons. The molecule has 1 aromatic heterocycles. The molecule has 1 aromatic rings. The number of anilines is 1. The molecule has 0 saturated heterocycles. The lowest BCUT2D eigenvalue weighted by Gasteiger charge is -2.09. The number of nitrogen functional groups attached to an aromatic ring is 1. The molecule has 1 atom stereocenters. The van der Waals surface area contributed by atoms with Crippen LogP contribution in [-0.4, -0.2) is 28.9 Å². The Hall–Kier alpha value is -0.940. The summed E-state index contributed by atoms with van der Waals surface area (Å²) >= 11 is 7.64. The Balaban J connectivity index is 2.55. The number of amides is 1. The Bertz CT molecular complexity index is 400. The van der Waals surface area contributed by atoms with Crippen molar-refractivity contribution >= 4 is 35.1 Å². The third-order valence-electron chi connectivity index (χ3n) is 2.32. The van der Waals surface area contributed by atoms with Crippen LogP contribution in [0.5, 0.6) is 0 Å². The minimum atomic E-state index is -0.282. The lowest BCUT2D eigenvalue weighted by atomic mass is 10.3. The lowest BCUT2D eigenvalue weighted by molar-refractivity contribution is 0.0948. The first-order valence-electron chi connectivity index (χ1n) is 5.27. The van der Waals surface area contributed by atoms with Crippen LogP contribution in [0, 0.1) is 0 Å². The number of carbonyl (C=O) groups excluding carboxylic acids is 1. The zero-order valence-corrected chi connectivity index (χ0v) is 11.4. The summed E-state index contributed by atoms with van der Waals surface area (Å²) in [5, 5.41) is 3.61. The molecule has 1 rings (SSSR count). The molecule has 0 fully saturated rings. The fourth-order valence-electron chi connectivity index (χ4n) is 1.21. The van der Waals surface area contributed by atoms with E-state index in [0.717, 1.165) is 6.42 Å². The van der Waals surface area contributed by atoms with E-state index >= 15 is 0 Å². The van der Waals surface area contributed by atoms with Crippen molar-refractivity contribution < 1.29 is 4.79 Å². The van der Waals surface area contributed by atoms with Crippen molar-refractivity contribution in [3.8, 4) is 0 Å². The van der Waals surface area contributed by atoms with Crippen molar-refractivity contribution in [1.29, 1.82) is 0 Å². The molecule has 0 saturated carbocycles. The molecule has 3 N–H and O–H groups in total. The van der Waals surface area contributed by atoms with Crippen LogP contribution in [0.2, 0.25) is 5.02 Å². The first kappa shape index (κ1) is 14.1. The highest BCUT2D eigenvalue weighted by Gasteiger charge is 2.12. The van der Waals surface area contributed by atoms with E-state index in [2.05, 4.69) is 17.2 Å². The zero-order valence-electron chi connectivity index (χ0n) is 9.87. The Labute approximate surface area is 110 Å². The van der Waals surface area contributed by atoms with Crippen LogP contribution in [0.3, 0.4) is 0 Å². The standard InChI is InChI=1S/C11H16ClN3OS/c1-7(17-2)5-6-14-11(16)10-8(12)3-4-9(13)15-10/h3-4,7H,5-6H2,1-2H3,(H2,13,15)(H,14,16). The smallest absolute Gasteiger partial charge is 0.271 e. The number of hydrogen-bond acceptors (Lipinski definition) is 4. The van der Waals surface area contributed by atoms with Gasteiger partial charge in [0.05, 0.1) is 5.02 Å². The molecular weight excluding hydrogens is 258 g/mol. The maximum absolute atomic E-state index is 11.8. The molecule has 17 heavy (non-hydrogen) atoms. The van der Waals surface area contributed by atoms with Gasteiger partial charge in [0.1, 0.15) is 11.5 Å². The van der Waals surface area contributed by atoms with Crippen LogP contribution in [0.4, 0.5) is 5.82 Å². The number of hydrogen-bond donors (Lipinski definition) is 2. The monoisotopic (exact) mass is 273 g/mol. The lowest BCUT2D eigenvalue weighted by Crippen LogP contribution is -2.27. The van der Waals surface area contributed by atoms with Gasteiger partial charge in [-0.2, -0.15) is 11.8 Å². The predicted octanol–water partition coefficient (Wildman–Crippen LogP) is 2.19. The van der Waals surface area contributed by atoms with Gasteiger partial charge in [-0.3, -0.25) is 4.79 Å². The minimum absolute atomic E-state index is 0.184. The number of aromatic nitrogens is 1. The van der Waals surface area contributed by atoms with Crippen molar-refractivity contribution in [3.63, 3.8) is 0 Å². The number of nitrogens with two attached hydrogens (primary N) is 1. The number of halogens is 1. The van der Waals surface area contributed by atoms with Crippen molar-refractivity contribution in [1.82, 2.24) is 10.3 Å². The summed E-state index contributed by atoms with van der Waals surface area (Å²) in [6.07, 6.45) is 2.95. The highest BCUT2D eigenvalue weighted by molar-refractivity contribution is 7.99. The van der Waals surface area contributed by atoms with Crippen LogP contribution < -0.4 is 11.1 Å². The number of thioether (sulfide) groups is 1. The van der Waals surface area contributed by atoms with Gasteiger partial charge in [0.15, 0.2) is 0 Å². The summed E-state index contributed by atoms with van der Waals surface area (Å²) in [4.78, 5) is 15.7. The van der Waals surface area contributed by atoms with Crippen LogP contribution in [0.15, 0.2) is 12.1 Å². The van der Waals surface area contributed by atoms with E-state index in [-0.39, 0.29) is 17.4 Å². The second-order valence-corrected chi connectivity index (χ2v) is 5.34. The summed E-state index contributed by atoms with van der Waals surface area (Å²) in [6, 6.07) is 3.14. The van der Waals surface area contributed by atoms with Crippen LogP contribution >= 0.6 is 23.4 Å². The Morgan fingerprint density at radius 3 is 3.00 bits per heavy atom. The molecule has 4 nitrogen and oxygen atoms in total. The highest BCUT2D eigenvalue weighted by atomic mass is 35.5. The van der Waals surface area contributed by atoms with Gasteiger partial charge in [-0.05, 0) is 24.8 Å². The number of carbonyl (C=O) groups is 1. The summed E-state index contributed by atoms with van der Waals surface area (Å²) in [7, 11) is 0. The average molecular weight is 274 g/mol. The van der Waals surface area contributed by atoms with Crippen molar-refractivity contribution in [2.24, 2.45) is 0 Å². The van der Waals surface area contributed by atoms with E-state index in [0.29, 0.717) is 16.8 Å². The van der Waals surface area contributed by atoms with E-state index in [4.69, 9.17) is 17.3 Å². The van der Waals surface area contributed by atoms with Crippen molar-refractivity contribution in [2.75, 3.05) is 18.5 Å². The molecule has 94 valence electrons. The third-order valence-corrected chi connectivity index (χ3v) is 3.67. The maximum Gasteiger partial charge on any atom is 0.271 e. The van der Waals surface area contributed by atoms with Crippen LogP contribution in [0.1, 0.15) is 23.8 Å². The van der Waals surface area contributed by atoms with E-state index in [1.165, 1.54) is 0 Å². The molecule has 0 spiro atoms. The Kier molecular flexibility index (Phi) is 5.58. The Morgan fingerprint density at radius 2 is 2.35 bits per heavy atom. The summed E-state index contributed by atoms with van der Waals surface area (Å²) in [5.74, 6) is 0.00707. The molecule has 0 aromatic carbocycles.